The van der Waals surface area contributed by atoms with Crippen LogP contribution in [-0.2, 0) is 4.74 Å². The van der Waals surface area contributed by atoms with E-state index in [1.807, 2.05) is 16.7 Å². The van der Waals surface area contributed by atoms with Gasteiger partial charge in [0.05, 0.1) is 24.8 Å². The SMILES string of the molecule is CC[C@@H]1C[C@@H](OC(=O)N2CC(F)(F)C2)C[C@@H]1c1nnc2cnc3[nH]ccc3n12. The highest BCUT2D eigenvalue weighted by Gasteiger charge is 2.48. The summed E-state index contributed by atoms with van der Waals surface area (Å²) >= 11 is 0. The molecule has 8 nitrogen and oxygen atoms in total. The molecule has 5 rings (SSSR count). The van der Waals surface area contributed by atoms with Crippen molar-refractivity contribution in [3.63, 3.8) is 0 Å². The van der Waals surface area contributed by atoms with Gasteiger partial charge in [-0.1, -0.05) is 13.3 Å². The lowest BCUT2D eigenvalue weighted by Crippen LogP contribution is -2.58. The van der Waals surface area contributed by atoms with E-state index in [9.17, 15) is 13.6 Å². The van der Waals surface area contributed by atoms with E-state index in [1.165, 1.54) is 0 Å². The fraction of sp³-hybridized carbons (Fsp3) is 0.556. The topological polar surface area (TPSA) is 88.4 Å². The minimum absolute atomic E-state index is 0.0659. The normalized spacial score (nSPS) is 26.7. The number of hydrogen-bond acceptors (Lipinski definition) is 5. The highest BCUT2D eigenvalue weighted by Crippen LogP contribution is 2.43. The van der Waals surface area contributed by atoms with Gasteiger partial charge in [-0.2, -0.15) is 0 Å². The summed E-state index contributed by atoms with van der Waals surface area (Å²) in [7, 11) is 0. The van der Waals surface area contributed by atoms with Crippen LogP contribution >= 0.6 is 0 Å². The molecule has 3 atom stereocenters. The number of likely N-dealkylation sites (tertiary alicyclic amines) is 1. The molecule has 1 saturated heterocycles. The van der Waals surface area contributed by atoms with Gasteiger partial charge < -0.3 is 9.72 Å². The van der Waals surface area contributed by atoms with E-state index in [2.05, 4.69) is 27.1 Å². The number of hydrogen-bond donors (Lipinski definition) is 1. The first kappa shape index (κ1) is 17.3. The van der Waals surface area contributed by atoms with Crippen LogP contribution in [0.1, 0.15) is 37.9 Å². The fourth-order valence-corrected chi connectivity index (χ4v) is 4.43. The Labute approximate surface area is 158 Å². The molecule has 0 bridgehead atoms. The minimum atomic E-state index is -2.79. The van der Waals surface area contributed by atoms with Gasteiger partial charge in [-0.15, -0.1) is 10.2 Å². The maximum atomic E-state index is 13.0. The molecule has 1 aliphatic carbocycles. The number of halogens is 2. The highest BCUT2D eigenvalue weighted by atomic mass is 19.3. The lowest BCUT2D eigenvalue weighted by Gasteiger charge is -2.38. The Morgan fingerprint density at radius 2 is 2.18 bits per heavy atom. The van der Waals surface area contributed by atoms with Crippen LogP contribution in [0.2, 0.25) is 0 Å². The Kier molecular flexibility index (Phi) is 3.78. The van der Waals surface area contributed by atoms with Crippen LogP contribution < -0.4 is 0 Å². The zero-order valence-electron chi connectivity index (χ0n) is 15.3. The molecule has 0 unspecified atom stereocenters. The van der Waals surface area contributed by atoms with Gasteiger partial charge in [0.2, 0.25) is 0 Å². The number of nitrogens with zero attached hydrogens (tertiary/aromatic N) is 5. The van der Waals surface area contributed by atoms with Gasteiger partial charge in [0, 0.05) is 12.1 Å². The number of nitrogens with one attached hydrogen (secondary N) is 1. The molecule has 4 heterocycles. The molecular formula is C18H20F2N6O2. The Morgan fingerprint density at radius 3 is 2.93 bits per heavy atom. The van der Waals surface area contributed by atoms with Gasteiger partial charge in [-0.3, -0.25) is 9.30 Å². The minimum Gasteiger partial charge on any atom is -0.446 e. The molecule has 0 spiro atoms. The van der Waals surface area contributed by atoms with E-state index in [0.29, 0.717) is 18.5 Å². The van der Waals surface area contributed by atoms with E-state index < -0.39 is 25.1 Å². The first-order valence-corrected chi connectivity index (χ1v) is 9.45. The van der Waals surface area contributed by atoms with Crippen molar-refractivity contribution in [1.29, 1.82) is 0 Å². The number of aromatic amines is 1. The van der Waals surface area contributed by atoms with Crippen molar-refractivity contribution in [2.75, 3.05) is 13.1 Å². The molecule has 148 valence electrons. The van der Waals surface area contributed by atoms with Gasteiger partial charge in [0.25, 0.3) is 5.92 Å². The van der Waals surface area contributed by atoms with Crippen LogP contribution in [0.15, 0.2) is 18.5 Å². The largest absolute Gasteiger partial charge is 0.446 e. The molecule has 1 amide bonds. The molecular weight excluding hydrogens is 370 g/mol. The van der Waals surface area contributed by atoms with Crippen molar-refractivity contribution in [3.05, 3.63) is 24.3 Å². The molecule has 3 aromatic heterocycles. The summed E-state index contributed by atoms with van der Waals surface area (Å²) in [6.45, 7) is 0.966. The van der Waals surface area contributed by atoms with Crippen LogP contribution in [0, 0.1) is 5.92 Å². The van der Waals surface area contributed by atoms with Crippen molar-refractivity contribution in [3.8, 4) is 0 Å². The quantitative estimate of drug-likeness (QED) is 0.743. The second kappa shape index (κ2) is 6.11. The van der Waals surface area contributed by atoms with Gasteiger partial charge in [-0.05, 0) is 24.8 Å². The summed E-state index contributed by atoms with van der Waals surface area (Å²) in [4.78, 5) is 20.6. The maximum Gasteiger partial charge on any atom is 0.410 e. The third-order valence-corrected chi connectivity index (χ3v) is 5.84. The zero-order valence-corrected chi connectivity index (χ0v) is 15.3. The van der Waals surface area contributed by atoms with Crippen LogP contribution in [-0.4, -0.2) is 60.7 Å². The van der Waals surface area contributed by atoms with Gasteiger partial charge >= 0.3 is 6.09 Å². The predicted octanol–water partition coefficient (Wildman–Crippen LogP) is 2.97. The van der Waals surface area contributed by atoms with Crippen LogP contribution in [0.5, 0.6) is 0 Å². The van der Waals surface area contributed by atoms with Crippen LogP contribution in [0.25, 0.3) is 16.8 Å². The summed E-state index contributed by atoms with van der Waals surface area (Å²) in [5, 5.41) is 8.66. The number of aromatic nitrogens is 5. The number of ether oxygens (including phenoxy) is 1. The zero-order chi connectivity index (χ0) is 19.5. The number of H-pyrrole nitrogens is 1. The Balaban J connectivity index is 1.39. The first-order valence-electron chi connectivity index (χ1n) is 9.45. The summed E-state index contributed by atoms with van der Waals surface area (Å²) in [5.41, 5.74) is 2.32. The first-order chi connectivity index (χ1) is 13.4. The molecule has 1 N–H and O–H groups in total. The summed E-state index contributed by atoms with van der Waals surface area (Å²) in [6, 6.07) is 1.93. The van der Waals surface area contributed by atoms with E-state index in [-0.39, 0.29) is 17.9 Å². The Morgan fingerprint density at radius 1 is 1.36 bits per heavy atom. The average Bonchev–Trinajstić information content (AvgIpc) is 3.35. The van der Waals surface area contributed by atoms with Crippen molar-refractivity contribution < 1.29 is 18.3 Å². The van der Waals surface area contributed by atoms with Gasteiger partial charge in [-0.25, -0.2) is 18.6 Å². The average molecular weight is 390 g/mol. The number of alkyl halides is 2. The van der Waals surface area contributed by atoms with Crippen molar-refractivity contribution in [2.45, 2.75) is 44.1 Å². The number of carbonyl (C=O) groups is 1. The fourth-order valence-electron chi connectivity index (χ4n) is 4.43. The molecule has 0 radical (unpaired) electrons. The highest BCUT2D eigenvalue weighted by molar-refractivity contribution is 5.74. The van der Waals surface area contributed by atoms with Gasteiger partial charge in [0.15, 0.2) is 11.3 Å². The molecule has 28 heavy (non-hydrogen) atoms. The third kappa shape index (κ3) is 2.70. The standard InChI is InChI=1S/C18H20F2N6O2/c1-2-10-5-11(28-17(27)25-8-18(19,20)9-25)6-12(10)16-24-23-14-7-22-15-13(26(14)16)3-4-21-15/h3-4,7,10-12,21H,2,5-6,8-9H2,1H3/t10-,11-,12+/m1/s1. The van der Waals surface area contributed by atoms with Crippen LogP contribution in [0.3, 0.4) is 0 Å². The molecule has 2 aliphatic rings. The number of amides is 1. The van der Waals surface area contributed by atoms with Crippen molar-refractivity contribution in [1.82, 2.24) is 29.5 Å². The Bertz CT molecular complexity index is 1040. The van der Waals surface area contributed by atoms with Gasteiger partial charge in [0.1, 0.15) is 11.9 Å². The Hall–Kier alpha value is -2.78. The third-order valence-electron chi connectivity index (χ3n) is 5.84. The second-order valence-electron chi connectivity index (χ2n) is 7.69. The van der Waals surface area contributed by atoms with E-state index in [0.717, 1.165) is 28.3 Å². The second-order valence-corrected chi connectivity index (χ2v) is 7.69. The van der Waals surface area contributed by atoms with Crippen LogP contribution in [0.4, 0.5) is 13.6 Å². The van der Waals surface area contributed by atoms with Crippen molar-refractivity contribution in [2.24, 2.45) is 5.92 Å². The monoisotopic (exact) mass is 390 g/mol. The predicted molar refractivity (Wildman–Crippen MR) is 95.2 cm³/mol. The number of fused-ring (bicyclic) bond motifs is 3. The number of rotatable bonds is 3. The number of carbonyl (C=O) groups excluding carboxylic acids is 1. The van der Waals surface area contributed by atoms with E-state index in [4.69, 9.17) is 4.74 Å². The summed E-state index contributed by atoms with van der Waals surface area (Å²) < 4.78 is 33.5. The van der Waals surface area contributed by atoms with E-state index in [1.54, 1.807) is 6.20 Å². The lowest BCUT2D eigenvalue weighted by molar-refractivity contribution is -0.122. The molecule has 0 aromatic carbocycles. The maximum absolute atomic E-state index is 13.0. The van der Waals surface area contributed by atoms with Crippen molar-refractivity contribution >= 4 is 22.9 Å². The summed E-state index contributed by atoms with van der Waals surface area (Å²) in [5.74, 6) is -1.64. The lowest BCUT2D eigenvalue weighted by atomic mass is 9.93. The molecule has 1 aliphatic heterocycles. The molecule has 2 fully saturated rings. The molecule has 10 heteroatoms. The smallest absolute Gasteiger partial charge is 0.410 e. The summed E-state index contributed by atoms with van der Waals surface area (Å²) in [6.07, 6.45) is 4.71. The molecule has 3 aromatic rings. The van der Waals surface area contributed by atoms with E-state index >= 15 is 0 Å². The molecule has 1 saturated carbocycles.